The van der Waals surface area contributed by atoms with Gasteiger partial charge in [-0.25, -0.2) is 4.79 Å². The summed E-state index contributed by atoms with van der Waals surface area (Å²) < 4.78 is 1.74. The van der Waals surface area contributed by atoms with Gasteiger partial charge in [0.2, 0.25) is 0 Å². The quantitative estimate of drug-likeness (QED) is 0.777. The van der Waals surface area contributed by atoms with Crippen LogP contribution < -0.4 is 5.32 Å². The monoisotopic (exact) mass is 336 g/mol. The van der Waals surface area contributed by atoms with Crippen molar-refractivity contribution in [1.82, 2.24) is 24.6 Å². The lowest BCUT2D eigenvalue weighted by Crippen LogP contribution is -2.33. The Morgan fingerprint density at radius 1 is 1.24 bits per heavy atom. The SMILES string of the molecule is CC(c1cccnc1)N(C)C(=O)Nc1cnn(Cc2ccccn2)c1. The third-order valence-electron chi connectivity index (χ3n) is 4.00. The average molecular weight is 336 g/mol. The highest BCUT2D eigenvalue weighted by Gasteiger charge is 2.18. The number of anilines is 1. The van der Waals surface area contributed by atoms with E-state index in [0.29, 0.717) is 12.2 Å². The average Bonchev–Trinajstić information content (AvgIpc) is 3.08. The third-order valence-corrected chi connectivity index (χ3v) is 4.00. The third kappa shape index (κ3) is 4.20. The molecule has 0 fully saturated rings. The predicted molar refractivity (Wildman–Crippen MR) is 95.0 cm³/mol. The Kier molecular flexibility index (Phi) is 5.03. The van der Waals surface area contributed by atoms with Gasteiger partial charge in [0.05, 0.1) is 30.2 Å². The van der Waals surface area contributed by atoms with Crippen LogP contribution in [0.3, 0.4) is 0 Å². The molecular formula is C18H20N6O. The molecule has 3 aromatic rings. The molecule has 0 aromatic carbocycles. The van der Waals surface area contributed by atoms with E-state index >= 15 is 0 Å². The van der Waals surface area contributed by atoms with E-state index in [1.807, 2.05) is 37.3 Å². The van der Waals surface area contributed by atoms with Crippen LogP contribution >= 0.6 is 0 Å². The van der Waals surface area contributed by atoms with Crippen LogP contribution in [0.1, 0.15) is 24.2 Å². The Bertz CT molecular complexity index is 818. The number of hydrogen-bond donors (Lipinski definition) is 1. The number of pyridine rings is 2. The van der Waals surface area contributed by atoms with Crippen LogP contribution in [-0.4, -0.2) is 37.7 Å². The van der Waals surface area contributed by atoms with Crippen LogP contribution in [0, 0.1) is 0 Å². The van der Waals surface area contributed by atoms with Gasteiger partial charge < -0.3 is 10.2 Å². The number of rotatable bonds is 5. The van der Waals surface area contributed by atoms with Gasteiger partial charge in [-0.15, -0.1) is 0 Å². The van der Waals surface area contributed by atoms with Crippen LogP contribution in [0.5, 0.6) is 0 Å². The zero-order chi connectivity index (χ0) is 17.6. The fraction of sp³-hybridized carbons (Fsp3) is 0.222. The van der Waals surface area contributed by atoms with Crippen molar-refractivity contribution in [2.75, 3.05) is 12.4 Å². The zero-order valence-electron chi connectivity index (χ0n) is 14.2. The second-order valence-electron chi connectivity index (χ2n) is 5.75. The smallest absolute Gasteiger partial charge is 0.321 e. The number of carbonyl (C=O) groups excluding carboxylic acids is 1. The van der Waals surface area contributed by atoms with Crippen molar-refractivity contribution in [3.05, 3.63) is 72.6 Å². The van der Waals surface area contributed by atoms with Gasteiger partial charge in [-0.05, 0) is 30.7 Å². The van der Waals surface area contributed by atoms with Crippen LogP contribution in [0.4, 0.5) is 10.5 Å². The first kappa shape index (κ1) is 16.6. The van der Waals surface area contributed by atoms with E-state index in [4.69, 9.17) is 0 Å². The second-order valence-corrected chi connectivity index (χ2v) is 5.75. The summed E-state index contributed by atoms with van der Waals surface area (Å²) in [7, 11) is 1.76. The maximum Gasteiger partial charge on any atom is 0.322 e. The van der Waals surface area contributed by atoms with Crippen molar-refractivity contribution in [3.8, 4) is 0 Å². The van der Waals surface area contributed by atoms with Crippen LogP contribution in [0.2, 0.25) is 0 Å². The normalized spacial score (nSPS) is 11.8. The molecule has 0 radical (unpaired) electrons. The number of carbonyl (C=O) groups is 1. The van der Waals surface area contributed by atoms with E-state index in [2.05, 4.69) is 20.4 Å². The summed E-state index contributed by atoms with van der Waals surface area (Å²) in [4.78, 5) is 22.4. The van der Waals surface area contributed by atoms with E-state index in [-0.39, 0.29) is 12.1 Å². The fourth-order valence-corrected chi connectivity index (χ4v) is 2.41. The van der Waals surface area contributed by atoms with Gasteiger partial charge in [-0.1, -0.05) is 12.1 Å². The summed E-state index contributed by atoms with van der Waals surface area (Å²) in [6.07, 6.45) is 8.64. The summed E-state index contributed by atoms with van der Waals surface area (Å²) in [5.74, 6) is 0. The molecule has 1 N–H and O–H groups in total. The van der Waals surface area contributed by atoms with Gasteiger partial charge in [-0.3, -0.25) is 14.6 Å². The maximum atomic E-state index is 12.4. The molecule has 0 aliphatic heterocycles. The second kappa shape index (κ2) is 7.57. The molecule has 3 aromatic heterocycles. The molecular weight excluding hydrogens is 316 g/mol. The molecule has 128 valence electrons. The Balaban J connectivity index is 1.61. The molecule has 1 atom stereocenters. The molecule has 3 rings (SSSR count). The molecule has 2 amide bonds. The molecule has 3 heterocycles. The van der Waals surface area contributed by atoms with Crippen molar-refractivity contribution in [2.24, 2.45) is 0 Å². The van der Waals surface area contributed by atoms with Crippen LogP contribution in [-0.2, 0) is 6.54 Å². The van der Waals surface area contributed by atoms with Gasteiger partial charge >= 0.3 is 6.03 Å². The van der Waals surface area contributed by atoms with E-state index in [9.17, 15) is 4.79 Å². The number of nitrogens with one attached hydrogen (secondary N) is 1. The lowest BCUT2D eigenvalue weighted by Gasteiger charge is -2.25. The highest BCUT2D eigenvalue weighted by atomic mass is 16.2. The van der Waals surface area contributed by atoms with Gasteiger partial charge in [-0.2, -0.15) is 5.10 Å². The first-order valence-electron chi connectivity index (χ1n) is 7.99. The van der Waals surface area contributed by atoms with E-state index in [0.717, 1.165) is 11.3 Å². The van der Waals surface area contributed by atoms with Gasteiger partial charge in [0.25, 0.3) is 0 Å². The molecule has 0 saturated heterocycles. The largest absolute Gasteiger partial charge is 0.322 e. The Hall–Kier alpha value is -3.22. The summed E-state index contributed by atoms with van der Waals surface area (Å²) in [6, 6.07) is 9.27. The van der Waals surface area contributed by atoms with E-state index in [1.54, 1.807) is 47.6 Å². The van der Waals surface area contributed by atoms with Crippen molar-refractivity contribution in [3.63, 3.8) is 0 Å². The molecule has 0 saturated carbocycles. The predicted octanol–water partition coefficient (Wildman–Crippen LogP) is 2.95. The number of hydrogen-bond acceptors (Lipinski definition) is 4. The van der Waals surface area contributed by atoms with Crippen molar-refractivity contribution >= 4 is 11.7 Å². The maximum absolute atomic E-state index is 12.4. The first-order chi connectivity index (χ1) is 12.1. The number of aromatic nitrogens is 4. The van der Waals surface area contributed by atoms with E-state index < -0.39 is 0 Å². The minimum absolute atomic E-state index is 0.0859. The fourth-order valence-electron chi connectivity index (χ4n) is 2.41. The van der Waals surface area contributed by atoms with Crippen LogP contribution in [0.25, 0.3) is 0 Å². The summed E-state index contributed by atoms with van der Waals surface area (Å²) in [6.45, 7) is 2.51. The lowest BCUT2D eigenvalue weighted by molar-refractivity contribution is 0.208. The molecule has 0 spiro atoms. The first-order valence-corrected chi connectivity index (χ1v) is 7.99. The Morgan fingerprint density at radius 2 is 2.12 bits per heavy atom. The molecule has 1 unspecified atom stereocenters. The molecule has 0 bridgehead atoms. The minimum atomic E-state index is -0.200. The topological polar surface area (TPSA) is 75.9 Å². The number of nitrogens with zero attached hydrogens (tertiary/aromatic N) is 5. The molecule has 7 heteroatoms. The van der Waals surface area contributed by atoms with Crippen molar-refractivity contribution in [1.29, 1.82) is 0 Å². The van der Waals surface area contributed by atoms with Crippen molar-refractivity contribution in [2.45, 2.75) is 19.5 Å². The van der Waals surface area contributed by atoms with Crippen molar-refractivity contribution < 1.29 is 4.79 Å². The summed E-state index contributed by atoms with van der Waals surface area (Å²) in [5, 5.41) is 7.12. The van der Waals surface area contributed by atoms with Crippen LogP contribution in [0.15, 0.2) is 61.3 Å². The number of urea groups is 1. The highest BCUT2D eigenvalue weighted by Crippen LogP contribution is 2.18. The Labute approximate surface area is 146 Å². The molecule has 25 heavy (non-hydrogen) atoms. The molecule has 0 aliphatic carbocycles. The van der Waals surface area contributed by atoms with Gasteiger partial charge in [0.1, 0.15) is 0 Å². The number of amides is 2. The standard InChI is InChI=1S/C18H20N6O/c1-14(15-6-5-8-19-10-15)23(2)18(25)22-17-11-21-24(13-17)12-16-7-3-4-9-20-16/h3-11,13-14H,12H2,1-2H3,(H,22,25). The highest BCUT2D eigenvalue weighted by molar-refractivity contribution is 5.89. The Morgan fingerprint density at radius 3 is 2.84 bits per heavy atom. The van der Waals surface area contributed by atoms with E-state index in [1.165, 1.54) is 0 Å². The zero-order valence-corrected chi connectivity index (χ0v) is 14.2. The summed E-state index contributed by atoms with van der Waals surface area (Å²) in [5.41, 5.74) is 2.53. The molecule has 0 aliphatic rings. The lowest BCUT2D eigenvalue weighted by atomic mass is 10.1. The molecule has 7 nitrogen and oxygen atoms in total. The van der Waals surface area contributed by atoms with Gasteiger partial charge in [0.15, 0.2) is 0 Å². The summed E-state index contributed by atoms with van der Waals surface area (Å²) >= 11 is 0. The van der Waals surface area contributed by atoms with Gasteiger partial charge in [0, 0.05) is 31.8 Å². The minimum Gasteiger partial charge on any atom is -0.321 e.